The minimum Gasteiger partial charge on any atom is -0.337 e. The fourth-order valence-corrected chi connectivity index (χ4v) is 3.76. The van der Waals surface area contributed by atoms with Gasteiger partial charge in [0.25, 0.3) is 0 Å². The molecule has 0 amide bonds. The molecule has 31 heavy (non-hydrogen) atoms. The Kier molecular flexibility index (Phi) is 5.11. The van der Waals surface area contributed by atoms with Gasteiger partial charge < -0.3 is 9.55 Å². The molecule has 4 nitrogen and oxygen atoms in total. The Morgan fingerprint density at radius 3 is 2.58 bits per heavy atom. The zero-order valence-corrected chi connectivity index (χ0v) is 17.3. The number of H-pyrrole nitrogens is 1. The summed E-state index contributed by atoms with van der Waals surface area (Å²) in [5.41, 5.74) is 3.33. The van der Waals surface area contributed by atoms with Crippen molar-refractivity contribution in [2.45, 2.75) is 20.0 Å². The van der Waals surface area contributed by atoms with Gasteiger partial charge in [-0.3, -0.25) is 0 Å². The molecule has 0 atom stereocenters. The third-order valence-corrected chi connectivity index (χ3v) is 5.37. The molecular formula is C23H16ClF3N4. The summed E-state index contributed by atoms with van der Waals surface area (Å²) in [4.78, 5) is 7.57. The molecule has 0 aliphatic carbocycles. The Balaban J connectivity index is 1.82. The van der Waals surface area contributed by atoms with Crippen LogP contribution in [0.3, 0.4) is 0 Å². The van der Waals surface area contributed by atoms with Gasteiger partial charge in [0.1, 0.15) is 11.9 Å². The lowest BCUT2D eigenvalue weighted by atomic mass is 10.1. The lowest BCUT2D eigenvalue weighted by molar-refractivity contribution is -0.137. The molecule has 0 unspecified atom stereocenters. The van der Waals surface area contributed by atoms with Crippen molar-refractivity contribution in [2.75, 3.05) is 0 Å². The maximum atomic E-state index is 13.2. The Morgan fingerprint density at radius 2 is 1.90 bits per heavy atom. The second-order valence-corrected chi connectivity index (χ2v) is 7.51. The van der Waals surface area contributed by atoms with Crippen LogP contribution in [0.4, 0.5) is 13.2 Å². The molecule has 0 aliphatic rings. The van der Waals surface area contributed by atoms with E-state index in [0.717, 1.165) is 23.2 Å². The number of nitrogens with one attached hydrogen (secondary N) is 1. The molecule has 2 aromatic carbocycles. The van der Waals surface area contributed by atoms with Crippen molar-refractivity contribution in [1.82, 2.24) is 14.5 Å². The summed E-state index contributed by atoms with van der Waals surface area (Å²) < 4.78 is 41.3. The van der Waals surface area contributed by atoms with Gasteiger partial charge in [-0.05, 0) is 61.9 Å². The van der Waals surface area contributed by atoms with Crippen molar-refractivity contribution < 1.29 is 13.2 Å². The number of halogens is 4. The average molecular weight is 441 g/mol. The number of aryl methyl sites for hydroxylation is 1. The first-order chi connectivity index (χ1) is 14.7. The number of nitriles is 1. The van der Waals surface area contributed by atoms with Gasteiger partial charge in [0.15, 0.2) is 0 Å². The Bertz CT molecular complexity index is 1340. The lowest BCUT2D eigenvalue weighted by Gasteiger charge is -2.15. The highest BCUT2D eigenvalue weighted by atomic mass is 35.5. The molecule has 2 heterocycles. The molecule has 156 valence electrons. The summed E-state index contributed by atoms with van der Waals surface area (Å²) in [6.45, 7) is 3.54. The maximum absolute atomic E-state index is 13.2. The van der Waals surface area contributed by atoms with Crippen LogP contribution in [-0.4, -0.2) is 14.5 Å². The average Bonchev–Trinajstić information content (AvgIpc) is 3.26. The molecule has 1 N–H and O–H groups in total. The predicted molar refractivity (Wildman–Crippen MR) is 115 cm³/mol. The number of rotatable bonds is 3. The van der Waals surface area contributed by atoms with Crippen LogP contribution in [0.25, 0.3) is 28.4 Å². The SMILES string of the molecule is Cc1cc(/C=C(/C#N)c2nc3ccccc3[nH]2)c(C)n1-c1cc(C(F)(F)F)ccc1Cl. The fourth-order valence-electron chi connectivity index (χ4n) is 3.55. The van der Waals surface area contributed by atoms with E-state index >= 15 is 0 Å². The van der Waals surface area contributed by atoms with Crippen LogP contribution in [0, 0.1) is 25.2 Å². The molecule has 2 aromatic heterocycles. The van der Waals surface area contributed by atoms with Gasteiger partial charge in [0.05, 0.1) is 32.9 Å². The number of allylic oxidation sites excluding steroid dienone is 1. The molecule has 0 saturated carbocycles. The summed E-state index contributed by atoms with van der Waals surface area (Å²) >= 11 is 6.24. The quantitative estimate of drug-likeness (QED) is 0.360. The number of imidazole rings is 1. The Morgan fingerprint density at radius 1 is 1.16 bits per heavy atom. The van der Waals surface area contributed by atoms with Gasteiger partial charge in [0, 0.05) is 11.4 Å². The summed E-state index contributed by atoms with van der Waals surface area (Å²) in [7, 11) is 0. The van der Waals surface area contributed by atoms with Crippen LogP contribution in [0.2, 0.25) is 5.02 Å². The number of para-hydroxylation sites is 2. The number of nitrogens with zero attached hydrogens (tertiary/aromatic N) is 3. The molecule has 0 fully saturated rings. The van der Waals surface area contributed by atoms with Gasteiger partial charge in [-0.15, -0.1) is 0 Å². The molecule has 4 rings (SSSR count). The fraction of sp³-hybridized carbons (Fsp3) is 0.130. The minimum atomic E-state index is -4.48. The highest BCUT2D eigenvalue weighted by Crippen LogP contribution is 2.35. The number of aromatic nitrogens is 3. The highest BCUT2D eigenvalue weighted by Gasteiger charge is 2.31. The van der Waals surface area contributed by atoms with Crippen LogP contribution < -0.4 is 0 Å². The lowest BCUT2D eigenvalue weighted by Crippen LogP contribution is -2.07. The highest BCUT2D eigenvalue weighted by molar-refractivity contribution is 6.32. The monoisotopic (exact) mass is 440 g/mol. The van der Waals surface area contributed by atoms with Crippen LogP contribution in [0.15, 0.2) is 48.5 Å². The van der Waals surface area contributed by atoms with E-state index in [9.17, 15) is 18.4 Å². The number of hydrogen-bond donors (Lipinski definition) is 1. The van der Waals surface area contributed by atoms with Crippen LogP contribution in [-0.2, 0) is 6.18 Å². The Labute approximate surface area is 181 Å². The van der Waals surface area contributed by atoms with Gasteiger partial charge in [-0.25, -0.2) is 4.98 Å². The molecule has 0 radical (unpaired) electrons. The van der Waals surface area contributed by atoms with Gasteiger partial charge in [0.2, 0.25) is 0 Å². The van der Waals surface area contributed by atoms with E-state index in [1.54, 1.807) is 30.6 Å². The predicted octanol–water partition coefficient (Wildman–Crippen LogP) is 6.71. The largest absolute Gasteiger partial charge is 0.416 e. The minimum absolute atomic E-state index is 0.197. The smallest absolute Gasteiger partial charge is 0.337 e. The number of hydrogen-bond acceptors (Lipinski definition) is 2. The van der Waals surface area contributed by atoms with E-state index in [2.05, 4.69) is 16.0 Å². The van der Waals surface area contributed by atoms with E-state index in [-0.39, 0.29) is 10.7 Å². The third-order valence-electron chi connectivity index (χ3n) is 5.05. The van der Waals surface area contributed by atoms with E-state index in [1.165, 1.54) is 6.07 Å². The van der Waals surface area contributed by atoms with E-state index in [4.69, 9.17) is 11.6 Å². The second-order valence-electron chi connectivity index (χ2n) is 7.10. The summed E-state index contributed by atoms with van der Waals surface area (Å²) in [6, 6.07) is 14.6. The molecule has 0 aliphatic heterocycles. The zero-order chi connectivity index (χ0) is 22.3. The van der Waals surface area contributed by atoms with Crippen molar-refractivity contribution >= 4 is 34.3 Å². The van der Waals surface area contributed by atoms with Crippen LogP contribution >= 0.6 is 11.6 Å². The van der Waals surface area contributed by atoms with Gasteiger partial charge in [-0.2, -0.15) is 18.4 Å². The number of alkyl halides is 3. The molecule has 0 saturated heterocycles. The molecule has 0 spiro atoms. The number of benzene rings is 2. The molecule has 4 aromatic rings. The topological polar surface area (TPSA) is 57.4 Å². The van der Waals surface area contributed by atoms with Crippen LogP contribution in [0.5, 0.6) is 0 Å². The number of fused-ring (bicyclic) bond motifs is 1. The maximum Gasteiger partial charge on any atom is 0.416 e. The summed E-state index contributed by atoms with van der Waals surface area (Å²) in [5, 5.41) is 9.89. The van der Waals surface area contributed by atoms with E-state index in [0.29, 0.717) is 28.3 Å². The standard InChI is InChI=1S/C23H16ClF3N4/c1-13-9-15(10-16(12-28)22-29-19-5-3-4-6-20(19)30-22)14(2)31(13)21-11-17(23(25,26)27)7-8-18(21)24/h3-11H,1-2H3,(H,29,30)/b16-10-. The van der Waals surface area contributed by atoms with Crippen molar-refractivity contribution in [3.63, 3.8) is 0 Å². The third kappa shape index (κ3) is 3.82. The first-order valence-corrected chi connectivity index (χ1v) is 9.70. The second kappa shape index (κ2) is 7.64. The normalized spacial score (nSPS) is 12.4. The molecule has 0 bridgehead atoms. The zero-order valence-electron chi connectivity index (χ0n) is 16.5. The van der Waals surface area contributed by atoms with Gasteiger partial charge >= 0.3 is 6.18 Å². The van der Waals surface area contributed by atoms with Gasteiger partial charge in [-0.1, -0.05) is 23.7 Å². The Hall–Kier alpha value is -3.50. The van der Waals surface area contributed by atoms with E-state index < -0.39 is 11.7 Å². The first kappa shape index (κ1) is 20.8. The van der Waals surface area contributed by atoms with Crippen molar-refractivity contribution in [1.29, 1.82) is 5.26 Å². The van der Waals surface area contributed by atoms with E-state index in [1.807, 2.05) is 24.3 Å². The van der Waals surface area contributed by atoms with Crippen molar-refractivity contribution in [2.24, 2.45) is 0 Å². The van der Waals surface area contributed by atoms with Crippen molar-refractivity contribution in [3.8, 4) is 11.8 Å². The van der Waals surface area contributed by atoms with Crippen molar-refractivity contribution in [3.05, 3.63) is 81.9 Å². The first-order valence-electron chi connectivity index (χ1n) is 9.32. The van der Waals surface area contributed by atoms with Crippen LogP contribution in [0.1, 0.15) is 28.3 Å². The summed E-state index contributed by atoms with van der Waals surface area (Å²) in [6.07, 6.45) is -2.82. The molecule has 8 heteroatoms. The summed E-state index contributed by atoms with van der Waals surface area (Å²) in [5.74, 6) is 0.422. The number of aromatic amines is 1. The molecular weight excluding hydrogens is 425 g/mol.